The number of ether oxygens (including phenoxy) is 1. The normalized spacial score (nSPS) is 11.1. The number of halogens is 1. The highest BCUT2D eigenvalue weighted by Gasteiger charge is 2.18. The fourth-order valence-corrected chi connectivity index (χ4v) is 3.86. The molecule has 0 bridgehead atoms. The van der Waals surface area contributed by atoms with Crippen LogP contribution in [0.3, 0.4) is 0 Å². The van der Waals surface area contributed by atoms with E-state index in [-0.39, 0.29) is 17.5 Å². The first-order chi connectivity index (χ1) is 14.7. The number of H-pyrrole nitrogens is 1. The number of nitrogens with one attached hydrogen (secondary N) is 2. The lowest BCUT2D eigenvalue weighted by Gasteiger charge is -2.09. The van der Waals surface area contributed by atoms with Crippen molar-refractivity contribution in [3.05, 3.63) is 60.5 Å². The molecule has 0 unspecified atom stereocenters. The molecule has 2 N–H and O–H groups in total. The number of rotatable bonds is 8. The number of aromatic nitrogens is 4. The van der Waals surface area contributed by atoms with E-state index in [9.17, 15) is 9.18 Å². The molecule has 0 saturated heterocycles. The van der Waals surface area contributed by atoms with E-state index in [0.29, 0.717) is 29.8 Å². The summed E-state index contributed by atoms with van der Waals surface area (Å²) in [5.41, 5.74) is 2.50. The summed E-state index contributed by atoms with van der Waals surface area (Å²) in [6.45, 7) is 1.04. The summed E-state index contributed by atoms with van der Waals surface area (Å²) in [5.74, 6) is 0.307. The van der Waals surface area contributed by atoms with Crippen LogP contribution in [0.1, 0.15) is 0 Å². The van der Waals surface area contributed by atoms with Gasteiger partial charge >= 0.3 is 0 Å². The van der Waals surface area contributed by atoms with Crippen LogP contribution in [0.5, 0.6) is 0 Å². The summed E-state index contributed by atoms with van der Waals surface area (Å²) in [6, 6.07) is 13.6. The molecule has 7 nitrogen and oxygen atoms in total. The molecule has 30 heavy (non-hydrogen) atoms. The van der Waals surface area contributed by atoms with Gasteiger partial charge in [0.1, 0.15) is 5.82 Å². The third kappa shape index (κ3) is 4.37. The van der Waals surface area contributed by atoms with E-state index >= 15 is 0 Å². The zero-order valence-electron chi connectivity index (χ0n) is 16.3. The Labute approximate surface area is 176 Å². The maximum Gasteiger partial charge on any atom is 0.234 e. The van der Waals surface area contributed by atoms with Gasteiger partial charge in [0.05, 0.1) is 18.9 Å². The molecule has 2 heterocycles. The lowest BCUT2D eigenvalue weighted by molar-refractivity contribution is -0.113. The second-order valence-electron chi connectivity index (χ2n) is 6.54. The number of amides is 1. The van der Waals surface area contributed by atoms with E-state index in [4.69, 9.17) is 4.74 Å². The molecule has 4 aromatic rings. The van der Waals surface area contributed by atoms with Crippen LogP contribution in [0.25, 0.3) is 22.3 Å². The molecule has 0 atom stereocenters. The molecule has 0 spiro atoms. The molecule has 0 fully saturated rings. The first-order valence-corrected chi connectivity index (χ1v) is 10.3. The number of hydrogen-bond acceptors (Lipinski definition) is 5. The van der Waals surface area contributed by atoms with Gasteiger partial charge in [-0.25, -0.2) is 4.39 Å². The van der Waals surface area contributed by atoms with Crippen LogP contribution in [0.2, 0.25) is 0 Å². The van der Waals surface area contributed by atoms with Crippen molar-refractivity contribution in [3.63, 3.8) is 0 Å². The van der Waals surface area contributed by atoms with Gasteiger partial charge in [-0.05, 0) is 30.3 Å². The third-order valence-electron chi connectivity index (χ3n) is 4.53. The number of hydrogen-bond donors (Lipinski definition) is 2. The molecule has 4 rings (SSSR count). The molecule has 0 radical (unpaired) electrons. The Morgan fingerprint density at radius 3 is 2.80 bits per heavy atom. The van der Waals surface area contributed by atoms with Crippen molar-refractivity contribution in [3.8, 4) is 11.4 Å². The number of carbonyl (C=O) groups excluding carboxylic acids is 1. The second-order valence-corrected chi connectivity index (χ2v) is 7.48. The molecular formula is C21H20FN5O2S. The minimum absolute atomic E-state index is 0.149. The number of fused-ring (bicyclic) bond motifs is 1. The van der Waals surface area contributed by atoms with E-state index in [0.717, 1.165) is 16.5 Å². The van der Waals surface area contributed by atoms with Gasteiger partial charge in [-0.1, -0.05) is 30.0 Å². The number of carbonyl (C=O) groups is 1. The van der Waals surface area contributed by atoms with Gasteiger partial charge in [-0.15, -0.1) is 10.2 Å². The second kappa shape index (κ2) is 9.10. The Morgan fingerprint density at radius 2 is 2.00 bits per heavy atom. The first kappa shape index (κ1) is 20.1. The van der Waals surface area contributed by atoms with Crippen molar-refractivity contribution in [2.24, 2.45) is 0 Å². The number of anilines is 1. The zero-order chi connectivity index (χ0) is 20.9. The van der Waals surface area contributed by atoms with Crippen molar-refractivity contribution < 1.29 is 13.9 Å². The van der Waals surface area contributed by atoms with Gasteiger partial charge in [-0.3, -0.25) is 9.36 Å². The molecule has 1 amide bonds. The maximum absolute atomic E-state index is 13.0. The quantitative estimate of drug-likeness (QED) is 0.418. The molecule has 0 aliphatic carbocycles. The van der Waals surface area contributed by atoms with E-state index in [1.54, 1.807) is 7.11 Å². The van der Waals surface area contributed by atoms with Crippen molar-refractivity contribution in [1.29, 1.82) is 0 Å². The van der Waals surface area contributed by atoms with Gasteiger partial charge in [-0.2, -0.15) is 0 Å². The van der Waals surface area contributed by atoms with Crippen LogP contribution in [0.15, 0.2) is 59.9 Å². The molecule has 2 aromatic carbocycles. The van der Waals surface area contributed by atoms with Crippen LogP contribution in [0.4, 0.5) is 10.1 Å². The third-order valence-corrected chi connectivity index (χ3v) is 5.49. The maximum atomic E-state index is 13.0. The van der Waals surface area contributed by atoms with Crippen LogP contribution < -0.4 is 5.32 Å². The predicted octanol–water partition coefficient (Wildman–Crippen LogP) is 3.94. The number of nitrogens with zero attached hydrogens (tertiary/aromatic N) is 3. The summed E-state index contributed by atoms with van der Waals surface area (Å²) in [7, 11) is 1.64. The molecular weight excluding hydrogens is 405 g/mol. The smallest absolute Gasteiger partial charge is 0.234 e. The highest BCUT2D eigenvalue weighted by molar-refractivity contribution is 7.99. The van der Waals surface area contributed by atoms with Crippen LogP contribution >= 0.6 is 11.8 Å². The van der Waals surface area contributed by atoms with E-state index in [2.05, 4.69) is 20.5 Å². The average Bonchev–Trinajstić information content (AvgIpc) is 3.36. The van der Waals surface area contributed by atoms with Gasteiger partial charge in [0.25, 0.3) is 0 Å². The van der Waals surface area contributed by atoms with Gasteiger partial charge < -0.3 is 15.0 Å². The summed E-state index contributed by atoms with van der Waals surface area (Å²) in [4.78, 5) is 15.5. The zero-order valence-corrected chi connectivity index (χ0v) is 17.1. The molecule has 9 heteroatoms. The molecule has 0 saturated carbocycles. The number of thioether (sulfide) groups is 1. The Hall–Kier alpha value is -3.17. The number of para-hydroxylation sites is 1. The Kier molecular flexibility index (Phi) is 6.10. The number of methoxy groups -OCH3 is 1. The van der Waals surface area contributed by atoms with E-state index in [1.165, 1.54) is 36.0 Å². The van der Waals surface area contributed by atoms with Crippen LogP contribution in [-0.4, -0.2) is 45.1 Å². The lowest BCUT2D eigenvalue weighted by Crippen LogP contribution is -2.15. The Morgan fingerprint density at radius 1 is 1.20 bits per heavy atom. The number of aromatic amines is 1. The van der Waals surface area contributed by atoms with Crippen molar-refractivity contribution in [2.75, 3.05) is 24.8 Å². The molecule has 0 aliphatic heterocycles. The fourth-order valence-electron chi connectivity index (χ4n) is 3.10. The number of benzene rings is 2. The fraction of sp³-hybridized carbons (Fsp3) is 0.190. The SMILES string of the molecule is COCCn1c(SCC(=O)Nc2ccc(F)cc2)nnc1-c1c[nH]c2ccccc12. The van der Waals surface area contributed by atoms with Gasteiger partial charge in [0.15, 0.2) is 11.0 Å². The largest absolute Gasteiger partial charge is 0.383 e. The predicted molar refractivity (Wildman–Crippen MR) is 115 cm³/mol. The van der Waals surface area contributed by atoms with Crippen molar-refractivity contribution in [1.82, 2.24) is 19.7 Å². The van der Waals surface area contributed by atoms with Crippen LogP contribution in [0, 0.1) is 5.82 Å². The Bertz CT molecular complexity index is 1160. The summed E-state index contributed by atoms with van der Waals surface area (Å²) >= 11 is 1.29. The van der Waals surface area contributed by atoms with E-state index < -0.39 is 0 Å². The van der Waals surface area contributed by atoms with Crippen LogP contribution in [-0.2, 0) is 16.1 Å². The van der Waals surface area contributed by atoms with E-state index in [1.807, 2.05) is 35.0 Å². The average molecular weight is 425 g/mol. The van der Waals surface area contributed by atoms with Crippen molar-refractivity contribution in [2.45, 2.75) is 11.7 Å². The van der Waals surface area contributed by atoms with Crippen molar-refractivity contribution >= 4 is 34.3 Å². The topological polar surface area (TPSA) is 84.8 Å². The van der Waals surface area contributed by atoms with Gasteiger partial charge in [0, 0.05) is 35.5 Å². The summed E-state index contributed by atoms with van der Waals surface area (Å²) in [5, 5.41) is 13.1. The first-order valence-electron chi connectivity index (χ1n) is 9.32. The standard InChI is InChI=1S/C21H20FN5O2S/c1-29-11-10-27-20(17-12-23-18-5-3-2-4-16(17)18)25-26-21(27)30-13-19(28)24-15-8-6-14(22)7-9-15/h2-9,12,23H,10-11,13H2,1H3,(H,24,28). The minimum Gasteiger partial charge on any atom is -0.383 e. The molecule has 154 valence electrons. The Balaban J connectivity index is 1.53. The summed E-state index contributed by atoms with van der Waals surface area (Å²) < 4.78 is 20.2. The molecule has 2 aromatic heterocycles. The minimum atomic E-state index is -0.349. The van der Waals surface area contributed by atoms with Gasteiger partial charge in [0.2, 0.25) is 5.91 Å². The highest BCUT2D eigenvalue weighted by Crippen LogP contribution is 2.30. The monoisotopic (exact) mass is 425 g/mol. The lowest BCUT2D eigenvalue weighted by atomic mass is 10.1. The highest BCUT2D eigenvalue weighted by atomic mass is 32.2. The molecule has 0 aliphatic rings. The summed E-state index contributed by atoms with van der Waals surface area (Å²) in [6.07, 6.45) is 1.91.